The van der Waals surface area contributed by atoms with Crippen LogP contribution >= 0.6 is 0 Å². The fraction of sp³-hybridized carbons (Fsp3) is 0.385. The van der Waals surface area contributed by atoms with E-state index >= 15 is 0 Å². The van der Waals surface area contributed by atoms with Crippen LogP contribution in [0.3, 0.4) is 0 Å². The van der Waals surface area contributed by atoms with Crippen LogP contribution in [0.15, 0.2) is 22.7 Å². The highest BCUT2D eigenvalue weighted by Crippen LogP contribution is 2.21. The number of halogens is 1. The average molecular weight is 247 g/mol. The van der Waals surface area contributed by atoms with Gasteiger partial charge in [0.05, 0.1) is 6.54 Å². The molecule has 1 saturated carbocycles. The summed E-state index contributed by atoms with van der Waals surface area (Å²) in [4.78, 5) is 4.24. The van der Waals surface area contributed by atoms with Crippen molar-refractivity contribution in [3.63, 3.8) is 0 Å². The lowest BCUT2D eigenvalue weighted by atomic mass is 10.1. The third kappa shape index (κ3) is 2.41. The summed E-state index contributed by atoms with van der Waals surface area (Å²) in [6.07, 6.45) is 2.42. The molecule has 3 rings (SSSR count). The first-order valence-corrected chi connectivity index (χ1v) is 6.05. The van der Waals surface area contributed by atoms with E-state index in [1.165, 1.54) is 18.9 Å². The Morgan fingerprint density at radius 1 is 1.44 bits per heavy atom. The van der Waals surface area contributed by atoms with Crippen LogP contribution in [-0.2, 0) is 6.54 Å². The van der Waals surface area contributed by atoms with Crippen molar-refractivity contribution in [1.29, 1.82) is 0 Å². The number of nitrogens with one attached hydrogen (secondary N) is 1. The fourth-order valence-electron chi connectivity index (χ4n) is 1.69. The molecule has 0 spiro atoms. The normalized spacial score (nSPS) is 15.0. The fourth-order valence-corrected chi connectivity index (χ4v) is 1.69. The summed E-state index contributed by atoms with van der Waals surface area (Å²) in [6, 6.07) is 5.53. The maximum Gasteiger partial charge on any atom is 0.240 e. The third-order valence-corrected chi connectivity index (χ3v) is 3.02. The van der Waals surface area contributed by atoms with Crippen LogP contribution in [0, 0.1) is 12.7 Å². The molecule has 0 unspecified atom stereocenters. The van der Waals surface area contributed by atoms with Crippen molar-refractivity contribution in [2.45, 2.75) is 32.4 Å². The first-order chi connectivity index (χ1) is 8.72. The van der Waals surface area contributed by atoms with Crippen molar-refractivity contribution in [3.05, 3.63) is 35.5 Å². The summed E-state index contributed by atoms with van der Waals surface area (Å²) >= 11 is 0. The van der Waals surface area contributed by atoms with E-state index in [1.54, 1.807) is 19.1 Å². The lowest BCUT2D eigenvalue weighted by Gasteiger charge is -1.98. The van der Waals surface area contributed by atoms with Crippen LogP contribution in [0.5, 0.6) is 0 Å². The van der Waals surface area contributed by atoms with Crippen molar-refractivity contribution in [2.24, 2.45) is 0 Å². The SMILES string of the molecule is Cc1ccc(-c2noc(CNC3CC3)n2)cc1F. The minimum atomic E-state index is -0.255. The van der Waals surface area contributed by atoms with Crippen molar-refractivity contribution < 1.29 is 8.91 Å². The van der Waals surface area contributed by atoms with Crippen molar-refractivity contribution in [2.75, 3.05) is 0 Å². The van der Waals surface area contributed by atoms with E-state index in [4.69, 9.17) is 4.52 Å². The average Bonchev–Trinajstić information content (AvgIpc) is 3.08. The number of aromatic nitrogens is 2. The van der Waals surface area contributed by atoms with E-state index in [-0.39, 0.29) is 5.82 Å². The van der Waals surface area contributed by atoms with Crippen LogP contribution < -0.4 is 5.32 Å². The molecular weight excluding hydrogens is 233 g/mol. The van der Waals surface area contributed by atoms with Gasteiger partial charge in [-0.1, -0.05) is 17.3 Å². The van der Waals surface area contributed by atoms with Gasteiger partial charge in [-0.2, -0.15) is 4.98 Å². The maximum absolute atomic E-state index is 13.4. The molecule has 1 fully saturated rings. The topological polar surface area (TPSA) is 51.0 Å². The quantitative estimate of drug-likeness (QED) is 0.901. The van der Waals surface area contributed by atoms with Gasteiger partial charge in [-0.3, -0.25) is 0 Å². The van der Waals surface area contributed by atoms with Gasteiger partial charge in [0.15, 0.2) is 0 Å². The molecule has 1 N–H and O–H groups in total. The molecule has 18 heavy (non-hydrogen) atoms. The Morgan fingerprint density at radius 3 is 3.00 bits per heavy atom. The molecule has 0 saturated heterocycles. The van der Waals surface area contributed by atoms with Crippen LogP contribution in [-0.4, -0.2) is 16.2 Å². The Bertz CT molecular complexity index is 563. The summed E-state index contributed by atoms with van der Waals surface area (Å²) in [7, 11) is 0. The first-order valence-electron chi connectivity index (χ1n) is 6.05. The Hall–Kier alpha value is -1.75. The van der Waals surface area contributed by atoms with Gasteiger partial charge in [0.1, 0.15) is 5.82 Å². The molecular formula is C13H14FN3O. The van der Waals surface area contributed by atoms with Crippen LogP contribution in [0.4, 0.5) is 4.39 Å². The predicted octanol–water partition coefficient (Wildman–Crippen LogP) is 2.44. The lowest BCUT2D eigenvalue weighted by Crippen LogP contribution is -2.15. The summed E-state index contributed by atoms with van der Waals surface area (Å²) in [5, 5.41) is 7.15. The number of hydrogen-bond donors (Lipinski definition) is 1. The minimum absolute atomic E-state index is 0.255. The third-order valence-electron chi connectivity index (χ3n) is 3.02. The molecule has 0 atom stereocenters. The molecule has 0 radical (unpaired) electrons. The van der Waals surface area contributed by atoms with Crippen molar-refractivity contribution in [3.8, 4) is 11.4 Å². The molecule has 0 bridgehead atoms. The van der Waals surface area contributed by atoms with Crippen LogP contribution in [0.1, 0.15) is 24.3 Å². The Balaban J connectivity index is 1.76. The van der Waals surface area contributed by atoms with E-state index < -0.39 is 0 Å². The Labute approximate surface area is 104 Å². The second-order valence-corrected chi connectivity index (χ2v) is 4.63. The standard InChI is InChI=1S/C13H14FN3O/c1-8-2-3-9(6-11(8)14)13-16-12(18-17-13)7-15-10-4-5-10/h2-3,6,10,15H,4-5,7H2,1H3. The van der Waals surface area contributed by atoms with E-state index in [0.717, 1.165) is 0 Å². The van der Waals surface area contributed by atoms with Crippen LogP contribution in [0.25, 0.3) is 11.4 Å². The second-order valence-electron chi connectivity index (χ2n) is 4.63. The van der Waals surface area contributed by atoms with E-state index in [1.807, 2.05) is 0 Å². The zero-order valence-corrected chi connectivity index (χ0v) is 10.1. The molecule has 1 aromatic carbocycles. The molecule has 1 aliphatic rings. The smallest absolute Gasteiger partial charge is 0.240 e. The summed E-state index contributed by atoms with van der Waals surface area (Å²) in [6.45, 7) is 2.30. The molecule has 0 aliphatic heterocycles. The molecule has 2 aromatic rings. The van der Waals surface area contributed by atoms with Gasteiger partial charge in [0, 0.05) is 11.6 Å². The predicted molar refractivity (Wildman–Crippen MR) is 64.3 cm³/mol. The minimum Gasteiger partial charge on any atom is -0.338 e. The van der Waals surface area contributed by atoms with E-state index in [2.05, 4.69) is 15.5 Å². The monoisotopic (exact) mass is 247 g/mol. The molecule has 1 aromatic heterocycles. The van der Waals surface area contributed by atoms with Gasteiger partial charge >= 0.3 is 0 Å². The van der Waals surface area contributed by atoms with Gasteiger partial charge in [0.2, 0.25) is 11.7 Å². The second kappa shape index (κ2) is 4.49. The van der Waals surface area contributed by atoms with Gasteiger partial charge in [-0.15, -0.1) is 0 Å². The lowest BCUT2D eigenvalue weighted by molar-refractivity contribution is 0.367. The summed E-state index contributed by atoms with van der Waals surface area (Å²) in [5.74, 6) is 0.717. The molecule has 1 aliphatic carbocycles. The van der Waals surface area contributed by atoms with Crippen molar-refractivity contribution >= 4 is 0 Å². The largest absolute Gasteiger partial charge is 0.338 e. The molecule has 1 heterocycles. The zero-order chi connectivity index (χ0) is 12.5. The van der Waals surface area contributed by atoms with E-state index in [0.29, 0.717) is 35.4 Å². The highest BCUT2D eigenvalue weighted by atomic mass is 19.1. The number of hydrogen-bond acceptors (Lipinski definition) is 4. The van der Waals surface area contributed by atoms with Gasteiger partial charge in [0.25, 0.3) is 0 Å². The number of rotatable bonds is 4. The van der Waals surface area contributed by atoms with Gasteiger partial charge in [-0.25, -0.2) is 4.39 Å². The van der Waals surface area contributed by atoms with Gasteiger partial charge in [-0.05, 0) is 31.4 Å². The number of benzene rings is 1. The first kappa shape index (κ1) is 11.3. The molecule has 94 valence electrons. The summed E-state index contributed by atoms with van der Waals surface area (Å²) in [5.41, 5.74) is 1.25. The highest BCUT2D eigenvalue weighted by molar-refractivity contribution is 5.54. The highest BCUT2D eigenvalue weighted by Gasteiger charge is 2.21. The van der Waals surface area contributed by atoms with Crippen molar-refractivity contribution in [1.82, 2.24) is 15.5 Å². The maximum atomic E-state index is 13.4. The summed E-state index contributed by atoms with van der Waals surface area (Å²) < 4.78 is 18.6. The Kier molecular flexibility index (Phi) is 2.83. The molecule has 5 heteroatoms. The van der Waals surface area contributed by atoms with Crippen LogP contribution in [0.2, 0.25) is 0 Å². The van der Waals surface area contributed by atoms with Gasteiger partial charge < -0.3 is 9.84 Å². The Morgan fingerprint density at radius 2 is 2.28 bits per heavy atom. The molecule has 4 nitrogen and oxygen atoms in total. The molecule has 0 amide bonds. The number of aryl methyl sites for hydroxylation is 1. The number of nitrogens with zero attached hydrogens (tertiary/aromatic N) is 2. The van der Waals surface area contributed by atoms with E-state index in [9.17, 15) is 4.39 Å². The zero-order valence-electron chi connectivity index (χ0n) is 10.1.